The Morgan fingerprint density at radius 2 is 1.75 bits per heavy atom. The van der Waals surface area contributed by atoms with Crippen molar-refractivity contribution in [2.45, 2.75) is 37.5 Å². The van der Waals surface area contributed by atoms with E-state index in [2.05, 4.69) is 40.4 Å². The number of anilines is 2. The maximum atomic E-state index is 12.8. The van der Waals surface area contributed by atoms with Crippen LogP contribution in [0.15, 0.2) is 48.5 Å². The highest BCUT2D eigenvalue weighted by Gasteiger charge is 2.37. The Kier molecular flexibility index (Phi) is 8.71. The lowest BCUT2D eigenvalue weighted by Crippen LogP contribution is -2.44. The highest BCUT2D eigenvalue weighted by atomic mass is 16.5. The van der Waals surface area contributed by atoms with Gasteiger partial charge in [-0.15, -0.1) is 0 Å². The van der Waals surface area contributed by atoms with E-state index in [0.717, 1.165) is 62.6 Å². The summed E-state index contributed by atoms with van der Waals surface area (Å²) in [6.07, 6.45) is 3.72. The van der Waals surface area contributed by atoms with Crippen molar-refractivity contribution < 1.29 is 9.53 Å². The average Bonchev–Trinajstić information content (AvgIpc) is 2.93. The Morgan fingerprint density at radius 3 is 2.42 bits per heavy atom. The van der Waals surface area contributed by atoms with Gasteiger partial charge in [0.15, 0.2) is 0 Å². The van der Waals surface area contributed by atoms with Crippen molar-refractivity contribution in [1.29, 1.82) is 5.26 Å². The van der Waals surface area contributed by atoms with Crippen LogP contribution in [0.3, 0.4) is 0 Å². The van der Waals surface area contributed by atoms with Gasteiger partial charge in [-0.1, -0.05) is 30.3 Å². The number of ether oxygens (including phenoxy) is 1. The third kappa shape index (κ3) is 6.11. The van der Waals surface area contributed by atoms with Crippen molar-refractivity contribution in [2.75, 3.05) is 70.2 Å². The number of hydrogen-bond acceptors (Lipinski definition) is 6. The maximum Gasteiger partial charge on any atom is 0.222 e. The molecule has 2 aliphatic rings. The molecule has 7 heteroatoms. The lowest BCUT2D eigenvalue weighted by molar-refractivity contribution is -0.132. The van der Waals surface area contributed by atoms with E-state index in [1.165, 1.54) is 5.69 Å². The van der Waals surface area contributed by atoms with Gasteiger partial charge >= 0.3 is 0 Å². The van der Waals surface area contributed by atoms with Crippen LogP contribution >= 0.6 is 0 Å². The van der Waals surface area contributed by atoms with E-state index in [1.807, 2.05) is 41.3 Å². The van der Waals surface area contributed by atoms with E-state index in [4.69, 9.17) is 4.74 Å². The molecular weight excluding hydrogens is 450 g/mol. The van der Waals surface area contributed by atoms with Crippen LogP contribution in [-0.4, -0.2) is 75.7 Å². The summed E-state index contributed by atoms with van der Waals surface area (Å²) in [6.45, 7) is 6.26. The SMILES string of the molecule is COc1ccc(N2CCN(C)CC2)c(NCCCCC(=O)N2CCC(C#N)(c3ccccc3)CC2)c1. The van der Waals surface area contributed by atoms with Gasteiger partial charge in [0.1, 0.15) is 5.75 Å². The molecule has 0 spiro atoms. The van der Waals surface area contributed by atoms with Gasteiger partial charge in [-0.05, 0) is 50.4 Å². The number of carbonyl (C=O) groups excluding carboxylic acids is 1. The van der Waals surface area contributed by atoms with Crippen molar-refractivity contribution in [2.24, 2.45) is 0 Å². The summed E-state index contributed by atoms with van der Waals surface area (Å²) in [7, 11) is 3.86. The molecule has 0 bridgehead atoms. The molecule has 192 valence electrons. The molecule has 0 atom stereocenters. The second kappa shape index (κ2) is 12.1. The van der Waals surface area contributed by atoms with E-state index in [1.54, 1.807) is 7.11 Å². The standard InChI is InChI=1S/C29H39N5O2/c1-32-18-20-33(21-19-32)27-12-11-25(36-2)22-26(27)31-15-7-6-10-28(35)34-16-13-29(23-30,14-17-34)24-8-4-3-5-9-24/h3-5,8-9,11-12,22,31H,6-7,10,13-21H2,1-2H3. The first kappa shape index (κ1) is 25.8. The molecule has 2 saturated heterocycles. The van der Waals surface area contributed by atoms with E-state index >= 15 is 0 Å². The maximum absolute atomic E-state index is 12.8. The van der Waals surface area contributed by atoms with Crippen LogP contribution in [0.1, 0.15) is 37.7 Å². The number of piperidine rings is 1. The molecule has 4 rings (SSSR count). The minimum Gasteiger partial charge on any atom is -0.497 e. The first-order chi connectivity index (χ1) is 17.5. The van der Waals surface area contributed by atoms with Gasteiger partial charge in [0.2, 0.25) is 5.91 Å². The van der Waals surface area contributed by atoms with Crippen LogP contribution in [-0.2, 0) is 10.2 Å². The summed E-state index contributed by atoms with van der Waals surface area (Å²) in [5.74, 6) is 1.05. The van der Waals surface area contributed by atoms with Crippen LogP contribution in [0, 0.1) is 11.3 Å². The van der Waals surface area contributed by atoms with E-state index in [9.17, 15) is 10.1 Å². The number of carbonyl (C=O) groups is 1. The Balaban J connectivity index is 1.23. The number of nitrogens with one attached hydrogen (secondary N) is 1. The molecule has 2 fully saturated rings. The third-order valence-electron chi connectivity index (χ3n) is 7.69. The number of piperazine rings is 1. The normalized spacial score (nSPS) is 17.9. The molecule has 0 saturated carbocycles. The average molecular weight is 490 g/mol. The van der Waals surface area contributed by atoms with E-state index in [0.29, 0.717) is 32.4 Å². The van der Waals surface area contributed by atoms with Gasteiger partial charge in [0, 0.05) is 58.3 Å². The van der Waals surface area contributed by atoms with Crippen molar-refractivity contribution in [3.63, 3.8) is 0 Å². The van der Waals surface area contributed by atoms with Crippen LogP contribution in [0.4, 0.5) is 11.4 Å². The zero-order valence-electron chi connectivity index (χ0n) is 21.7. The molecular formula is C29H39N5O2. The molecule has 36 heavy (non-hydrogen) atoms. The van der Waals surface area contributed by atoms with Crippen LogP contribution in [0.25, 0.3) is 0 Å². The first-order valence-electron chi connectivity index (χ1n) is 13.1. The fourth-order valence-electron chi connectivity index (χ4n) is 5.25. The van der Waals surface area contributed by atoms with Gasteiger partial charge in [0.05, 0.1) is 30.0 Å². The molecule has 2 aromatic carbocycles. The number of rotatable bonds is 9. The minimum atomic E-state index is -0.472. The van der Waals surface area contributed by atoms with Gasteiger partial charge in [-0.3, -0.25) is 4.79 Å². The molecule has 1 N–H and O–H groups in total. The number of unbranched alkanes of at least 4 members (excludes halogenated alkanes) is 1. The Morgan fingerprint density at radius 1 is 1.03 bits per heavy atom. The molecule has 2 aliphatic heterocycles. The molecule has 0 aliphatic carbocycles. The molecule has 0 aromatic heterocycles. The molecule has 0 radical (unpaired) electrons. The summed E-state index contributed by atoms with van der Waals surface area (Å²) in [5, 5.41) is 13.5. The summed E-state index contributed by atoms with van der Waals surface area (Å²) in [5.41, 5.74) is 2.90. The van der Waals surface area contributed by atoms with Crippen LogP contribution in [0.2, 0.25) is 0 Å². The van der Waals surface area contributed by atoms with Crippen molar-refractivity contribution in [3.8, 4) is 11.8 Å². The number of methoxy groups -OCH3 is 1. The number of benzene rings is 2. The molecule has 0 unspecified atom stereocenters. The minimum absolute atomic E-state index is 0.203. The topological polar surface area (TPSA) is 71.8 Å². The monoisotopic (exact) mass is 489 g/mol. The van der Waals surface area contributed by atoms with Gasteiger partial charge in [-0.2, -0.15) is 5.26 Å². The first-order valence-corrected chi connectivity index (χ1v) is 13.1. The third-order valence-corrected chi connectivity index (χ3v) is 7.69. The quantitative estimate of drug-likeness (QED) is 0.535. The lowest BCUT2D eigenvalue weighted by atomic mass is 9.74. The number of amides is 1. The lowest BCUT2D eigenvalue weighted by Gasteiger charge is -2.37. The van der Waals surface area contributed by atoms with Crippen molar-refractivity contribution >= 4 is 17.3 Å². The number of likely N-dealkylation sites (tertiary alicyclic amines) is 1. The summed E-state index contributed by atoms with van der Waals surface area (Å²) in [6, 6.07) is 18.8. The second-order valence-corrected chi connectivity index (χ2v) is 10.00. The summed E-state index contributed by atoms with van der Waals surface area (Å²) >= 11 is 0. The molecule has 2 aromatic rings. The van der Waals surface area contributed by atoms with Crippen LogP contribution < -0.4 is 15.0 Å². The Labute approximate surface area is 215 Å². The largest absolute Gasteiger partial charge is 0.497 e. The van der Waals surface area contributed by atoms with E-state index < -0.39 is 5.41 Å². The Bertz CT molecular complexity index is 1040. The van der Waals surface area contributed by atoms with Gasteiger partial charge < -0.3 is 24.8 Å². The number of nitriles is 1. The van der Waals surface area contributed by atoms with Gasteiger partial charge in [-0.25, -0.2) is 0 Å². The zero-order valence-corrected chi connectivity index (χ0v) is 21.7. The number of likely N-dealkylation sites (N-methyl/N-ethyl adjacent to an activating group) is 1. The van der Waals surface area contributed by atoms with Crippen molar-refractivity contribution in [1.82, 2.24) is 9.80 Å². The molecule has 7 nitrogen and oxygen atoms in total. The van der Waals surface area contributed by atoms with E-state index in [-0.39, 0.29) is 5.91 Å². The predicted molar refractivity (Wildman–Crippen MR) is 145 cm³/mol. The smallest absolute Gasteiger partial charge is 0.222 e. The fraction of sp³-hybridized carbons (Fsp3) is 0.517. The summed E-state index contributed by atoms with van der Waals surface area (Å²) in [4.78, 5) is 19.6. The zero-order chi connectivity index (χ0) is 25.4. The summed E-state index contributed by atoms with van der Waals surface area (Å²) < 4.78 is 5.45. The molecule has 2 heterocycles. The van der Waals surface area contributed by atoms with Gasteiger partial charge in [0.25, 0.3) is 0 Å². The second-order valence-electron chi connectivity index (χ2n) is 10.00. The fourth-order valence-corrected chi connectivity index (χ4v) is 5.25. The predicted octanol–water partition coefficient (Wildman–Crippen LogP) is 4.11. The Hall–Kier alpha value is -3.24. The molecule has 1 amide bonds. The number of hydrogen-bond donors (Lipinski definition) is 1. The van der Waals surface area contributed by atoms with Crippen molar-refractivity contribution in [3.05, 3.63) is 54.1 Å². The number of nitrogens with zero attached hydrogens (tertiary/aromatic N) is 4. The van der Waals surface area contributed by atoms with Crippen LogP contribution in [0.5, 0.6) is 5.75 Å². The highest BCUT2D eigenvalue weighted by molar-refractivity contribution is 5.76. The highest BCUT2D eigenvalue weighted by Crippen LogP contribution is 2.35.